The average Bonchev–Trinajstić information content (AvgIpc) is 3.70. The summed E-state index contributed by atoms with van der Waals surface area (Å²) in [6.07, 6.45) is 4.35. The van der Waals surface area contributed by atoms with Gasteiger partial charge in [-0.05, 0) is 48.0 Å². The molecule has 0 saturated heterocycles. The van der Waals surface area contributed by atoms with Crippen molar-refractivity contribution < 1.29 is 10.2 Å². The zero-order valence-corrected chi connectivity index (χ0v) is 20.2. The molecule has 4 N–H and O–H groups in total. The third-order valence-corrected chi connectivity index (χ3v) is 6.33. The number of anilines is 1. The fraction of sp³-hybridized carbons (Fsp3) is 0.148. The van der Waals surface area contributed by atoms with Crippen molar-refractivity contribution in [1.82, 2.24) is 34.7 Å². The van der Waals surface area contributed by atoms with Crippen LogP contribution in [0.15, 0.2) is 73.2 Å². The summed E-state index contributed by atoms with van der Waals surface area (Å²) in [5, 5.41) is 48.6. The lowest BCUT2D eigenvalue weighted by molar-refractivity contribution is 0.105. The molecule has 11 nitrogen and oxygen atoms in total. The van der Waals surface area contributed by atoms with Gasteiger partial charge in [0, 0.05) is 29.9 Å². The van der Waals surface area contributed by atoms with E-state index in [9.17, 15) is 10.2 Å². The van der Waals surface area contributed by atoms with Crippen molar-refractivity contribution >= 4 is 27.8 Å². The van der Waals surface area contributed by atoms with Crippen molar-refractivity contribution in [3.05, 3.63) is 84.3 Å². The quantitative estimate of drug-likeness (QED) is 0.246. The molecule has 11 heteroatoms. The Hall–Kier alpha value is -5.05. The molecule has 4 aromatic heterocycles. The van der Waals surface area contributed by atoms with E-state index < -0.39 is 6.10 Å². The molecule has 0 saturated carbocycles. The Balaban J connectivity index is 1.42. The summed E-state index contributed by atoms with van der Waals surface area (Å²) in [5.41, 5.74) is 6.44. The van der Waals surface area contributed by atoms with Crippen LogP contribution in [0.3, 0.4) is 0 Å². The van der Waals surface area contributed by atoms with Gasteiger partial charge in [-0.3, -0.25) is 9.78 Å². The molecule has 0 spiro atoms. The summed E-state index contributed by atoms with van der Waals surface area (Å²) in [6, 6.07) is 19.4. The zero-order valence-electron chi connectivity index (χ0n) is 20.2. The van der Waals surface area contributed by atoms with Crippen LogP contribution in [-0.2, 0) is 6.54 Å². The lowest BCUT2D eigenvalue weighted by Crippen LogP contribution is -2.23. The molecule has 0 amide bonds. The Kier molecular flexibility index (Phi) is 6.01. The monoisotopic (exact) mass is 505 g/mol. The van der Waals surface area contributed by atoms with Crippen LogP contribution in [0.1, 0.15) is 11.1 Å². The van der Waals surface area contributed by atoms with E-state index >= 15 is 0 Å². The van der Waals surface area contributed by atoms with Gasteiger partial charge in [-0.25, -0.2) is 9.67 Å². The molecule has 0 radical (unpaired) electrons. The van der Waals surface area contributed by atoms with Crippen molar-refractivity contribution in [3.63, 3.8) is 0 Å². The second kappa shape index (κ2) is 9.78. The first-order valence-electron chi connectivity index (χ1n) is 12.0. The van der Waals surface area contributed by atoms with E-state index in [1.54, 1.807) is 35.4 Å². The summed E-state index contributed by atoms with van der Waals surface area (Å²) in [7, 11) is 0. The molecular weight excluding hydrogens is 482 g/mol. The van der Waals surface area contributed by atoms with Crippen LogP contribution in [0, 0.1) is 11.3 Å². The van der Waals surface area contributed by atoms with Crippen LogP contribution >= 0.6 is 0 Å². The minimum absolute atomic E-state index is 0.128. The highest BCUT2D eigenvalue weighted by Gasteiger charge is 2.17. The van der Waals surface area contributed by atoms with E-state index in [1.807, 2.05) is 47.1 Å². The SMILES string of the molecule is N#Cc1ccc(Cn2nccc2-c2cnc3c(NCC(O)CO)nn(-c4ccc5cn[nH]c5c4)c3c2)cc1. The Morgan fingerprint density at radius 2 is 1.95 bits per heavy atom. The number of hydrogen-bond donors (Lipinski definition) is 4. The maximum Gasteiger partial charge on any atom is 0.175 e. The van der Waals surface area contributed by atoms with Crippen molar-refractivity contribution in [2.75, 3.05) is 18.5 Å². The van der Waals surface area contributed by atoms with E-state index in [0.29, 0.717) is 23.4 Å². The maximum atomic E-state index is 9.86. The fourth-order valence-corrected chi connectivity index (χ4v) is 4.35. The van der Waals surface area contributed by atoms with E-state index in [-0.39, 0.29) is 13.2 Å². The number of aromatic amines is 1. The van der Waals surface area contributed by atoms with Gasteiger partial charge in [0.15, 0.2) is 5.82 Å². The van der Waals surface area contributed by atoms with Gasteiger partial charge >= 0.3 is 0 Å². The largest absolute Gasteiger partial charge is 0.394 e. The molecule has 0 aliphatic carbocycles. The minimum atomic E-state index is -0.924. The van der Waals surface area contributed by atoms with Crippen LogP contribution in [0.25, 0.3) is 38.9 Å². The first-order valence-corrected chi connectivity index (χ1v) is 12.0. The number of nitrogens with one attached hydrogen (secondary N) is 2. The van der Waals surface area contributed by atoms with Gasteiger partial charge < -0.3 is 15.5 Å². The number of fused-ring (bicyclic) bond motifs is 2. The maximum absolute atomic E-state index is 9.86. The molecule has 0 aliphatic heterocycles. The summed E-state index contributed by atoms with van der Waals surface area (Å²) < 4.78 is 3.68. The van der Waals surface area contributed by atoms with Crippen LogP contribution < -0.4 is 5.32 Å². The zero-order chi connectivity index (χ0) is 26.1. The molecule has 6 rings (SSSR count). The minimum Gasteiger partial charge on any atom is -0.394 e. The molecule has 38 heavy (non-hydrogen) atoms. The smallest absolute Gasteiger partial charge is 0.175 e. The topological polar surface area (TPSA) is 153 Å². The predicted octanol–water partition coefficient (Wildman–Crippen LogP) is 2.85. The standard InChI is InChI=1S/C27H23N9O2/c28-11-17-1-3-18(4-2-17)15-35-24(7-8-32-35)20-9-25-26(29-12-20)27(30-14-22(38)16-37)34-36(25)21-6-5-19-13-31-33-23(19)10-21/h1-10,12-13,22,37-38H,14-16H2,(H,30,34)(H,31,33). The number of nitrogens with zero attached hydrogens (tertiary/aromatic N) is 7. The first kappa shape index (κ1) is 23.4. The Labute approximate surface area is 216 Å². The van der Waals surface area contributed by atoms with E-state index in [2.05, 4.69) is 26.7 Å². The van der Waals surface area contributed by atoms with Crippen molar-refractivity contribution in [1.29, 1.82) is 5.26 Å². The van der Waals surface area contributed by atoms with Crippen LogP contribution in [0.2, 0.25) is 0 Å². The molecule has 2 aromatic carbocycles. The number of pyridine rings is 1. The highest BCUT2D eigenvalue weighted by atomic mass is 16.3. The van der Waals surface area contributed by atoms with E-state index in [1.165, 1.54) is 0 Å². The molecule has 1 unspecified atom stereocenters. The van der Waals surface area contributed by atoms with Gasteiger partial charge in [0.2, 0.25) is 0 Å². The normalized spacial score (nSPS) is 12.1. The second-order valence-corrected chi connectivity index (χ2v) is 8.89. The Morgan fingerprint density at radius 3 is 2.76 bits per heavy atom. The fourth-order valence-electron chi connectivity index (χ4n) is 4.35. The number of hydrogen-bond acceptors (Lipinski definition) is 8. The lowest BCUT2D eigenvalue weighted by atomic mass is 10.1. The lowest BCUT2D eigenvalue weighted by Gasteiger charge is -2.09. The molecule has 6 aromatic rings. The summed E-state index contributed by atoms with van der Waals surface area (Å²) in [4.78, 5) is 4.72. The number of H-pyrrole nitrogens is 1. The highest BCUT2D eigenvalue weighted by Crippen LogP contribution is 2.30. The van der Waals surface area contributed by atoms with Gasteiger partial charge in [0.1, 0.15) is 5.52 Å². The van der Waals surface area contributed by atoms with Gasteiger partial charge in [-0.15, -0.1) is 5.10 Å². The van der Waals surface area contributed by atoms with E-state index in [0.717, 1.165) is 38.9 Å². The number of aliphatic hydroxyl groups excluding tert-OH is 2. The molecular formula is C27H23N9O2. The number of nitriles is 1. The molecule has 4 heterocycles. The van der Waals surface area contributed by atoms with Gasteiger partial charge in [0.05, 0.1) is 59.5 Å². The van der Waals surface area contributed by atoms with Gasteiger partial charge in [-0.2, -0.15) is 15.5 Å². The number of rotatable bonds is 8. The van der Waals surface area contributed by atoms with E-state index in [4.69, 9.17) is 15.3 Å². The average molecular weight is 506 g/mol. The second-order valence-electron chi connectivity index (χ2n) is 8.89. The highest BCUT2D eigenvalue weighted by molar-refractivity contribution is 5.91. The number of aromatic nitrogens is 7. The predicted molar refractivity (Wildman–Crippen MR) is 142 cm³/mol. The molecule has 0 bridgehead atoms. The van der Waals surface area contributed by atoms with Gasteiger partial charge in [0.25, 0.3) is 0 Å². The van der Waals surface area contributed by atoms with Crippen LogP contribution in [-0.4, -0.2) is 64.2 Å². The Morgan fingerprint density at radius 1 is 1.08 bits per heavy atom. The molecule has 1 atom stereocenters. The van der Waals surface area contributed by atoms with Gasteiger partial charge in [-0.1, -0.05) is 12.1 Å². The molecule has 188 valence electrons. The Bertz CT molecular complexity index is 1780. The third kappa shape index (κ3) is 4.34. The summed E-state index contributed by atoms with van der Waals surface area (Å²) in [5.74, 6) is 0.495. The van der Waals surface area contributed by atoms with Crippen LogP contribution in [0.5, 0.6) is 0 Å². The molecule has 0 aliphatic rings. The number of aliphatic hydroxyl groups is 2. The van der Waals surface area contributed by atoms with Crippen molar-refractivity contribution in [3.8, 4) is 23.0 Å². The summed E-state index contributed by atoms with van der Waals surface area (Å²) in [6.45, 7) is 0.305. The van der Waals surface area contributed by atoms with Crippen LogP contribution in [0.4, 0.5) is 5.82 Å². The molecule has 0 fully saturated rings. The van der Waals surface area contributed by atoms with Crippen molar-refractivity contribution in [2.45, 2.75) is 12.6 Å². The van der Waals surface area contributed by atoms with Crippen molar-refractivity contribution in [2.24, 2.45) is 0 Å². The first-order chi connectivity index (χ1) is 18.6. The number of benzene rings is 2. The summed E-state index contributed by atoms with van der Waals surface area (Å²) >= 11 is 0. The third-order valence-electron chi connectivity index (χ3n) is 6.33.